The number of hydrogen-bond acceptors (Lipinski definition) is 2. The van der Waals surface area contributed by atoms with Crippen molar-refractivity contribution in [1.82, 2.24) is 5.16 Å². The zero-order valence-electron chi connectivity index (χ0n) is 8.46. The molecular weight excluding hydrogens is 299 g/mol. The summed E-state index contributed by atoms with van der Waals surface area (Å²) in [6.45, 7) is 0. The fourth-order valence-electron chi connectivity index (χ4n) is 1.33. The van der Waals surface area contributed by atoms with E-state index in [-0.39, 0.29) is 0 Å². The van der Waals surface area contributed by atoms with Crippen LogP contribution in [0.15, 0.2) is 34.9 Å². The summed E-state index contributed by atoms with van der Waals surface area (Å²) in [4.78, 5) is 0. The van der Waals surface area contributed by atoms with Gasteiger partial charge in [0.05, 0.1) is 11.3 Å². The first-order chi connectivity index (χ1) is 8.00. The fourth-order valence-corrected chi connectivity index (χ4v) is 1.60. The Morgan fingerprint density at radius 2 is 1.82 bits per heavy atom. The second-order valence-electron chi connectivity index (χ2n) is 3.39. The van der Waals surface area contributed by atoms with Gasteiger partial charge < -0.3 is 4.52 Å². The maximum Gasteiger partial charge on any atom is 0.416 e. The van der Waals surface area contributed by atoms with E-state index in [9.17, 15) is 13.2 Å². The van der Waals surface area contributed by atoms with Crippen LogP contribution < -0.4 is 0 Å². The van der Waals surface area contributed by atoms with E-state index in [0.717, 1.165) is 12.1 Å². The van der Waals surface area contributed by atoms with Crippen molar-refractivity contribution >= 4 is 15.9 Å². The number of benzene rings is 1. The molecule has 0 bridgehead atoms. The van der Waals surface area contributed by atoms with E-state index >= 15 is 0 Å². The maximum absolute atomic E-state index is 12.3. The molecule has 0 N–H and O–H groups in total. The Morgan fingerprint density at radius 1 is 1.18 bits per heavy atom. The van der Waals surface area contributed by atoms with Crippen molar-refractivity contribution in [3.8, 4) is 11.3 Å². The van der Waals surface area contributed by atoms with Crippen molar-refractivity contribution in [2.75, 3.05) is 0 Å². The highest BCUT2D eigenvalue weighted by Crippen LogP contribution is 2.31. The number of halogens is 4. The largest absolute Gasteiger partial charge is 0.416 e. The zero-order valence-corrected chi connectivity index (χ0v) is 10.0. The van der Waals surface area contributed by atoms with Gasteiger partial charge in [0.25, 0.3) is 0 Å². The molecule has 1 heterocycles. The van der Waals surface area contributed by atoms with Crippen LogP contribution in [0.1, 0.15) is 11.3 Å². The first-order valence-corrected chi connectivity index (χ1v) is 5.82. The van der Waals surface area contributed by atoms with E-state index in [1.807, 2.05) is 0 Å². The van der Waals surface area contributed by atoms with Crippen molar-refractivity contribution in [2.24, 2.45) is 0 Å². The third-order valence-electron chi connectivity index (χ3n) is 2.19. The highest BCUT2D eigenvalue weighted by atomic mass is 79.9. The lowest BCUT2D eigenvalue weighted by atomic mass is 10.1. The Labute approximate surface area is 104 Å². The standard InChI is InChI=1S/C11H7BrF3NO/c12-6-9-5-10(17-16-9)7-1-3-8(4-2-7)11(13,14)15/h1-5H,6H2. The molecule has 0 unspecified atom stereocenters. The van der Waals surface area contributed by atoms with Crippen LogP contribution in [0.2, 0.25) is 0 Å². The van der Waals surface area contributed by atoms with Crippen molar-refractivity contribution < 1.29 is 17.7 Å². The molecule has 2 nitrogen and oxygen atoms in total. The van der Waals surface area contributed by atoms with E-state index in [2.05, 4.69) is 21.1 Å². The molecular formula is C11H7BrF3NO. The van der Waals surface area contributed by atoms with E-state index < -0.39 is 11.7 Å². The lowest BCUT2D eigenvalue weighted by molar-refractivity contribution is -0.137. The second kappa shape index (κ2) is 4.52. The molecule has 0 aliphatic rings. The smallest absolute Gasteiger partial charge is 0.356 e. The van der Waals surface area contributed by atoms with Gasteiger partial charge in [0.1, 0.15) is 0 Å². The Kier molecular flexibility index (Phi) is 3.24. The maximum atomic E-state index is 12.3. The number of aromatic nitrogens is 1. The van der Waals surface area contributed by atoms with Crippen LogP contribution in [0.3, 0.4) is 0 Å². The summed E-state index contributed by atoms with van der Waals surface area (Å²) >= 11 is 3.21. The predicted octanol–water partition coefficient (Wildman–Crippen LogP) is 4.26. The predicted molar refractivity (Wildman–Crippen MR) is 59.6 cm³/mol. The Morgan fingerprint density at radius 3 is 2.29 bits per heavy atom. The van der Waals surface area contributed by atoms with Crippen LogP contribution in [-0.4, -0.2) is 5.16 Å². The molecule has 17 heavy (non-hydrogen) atoms. The molecule has 1 aromatic heterocycles. The molecule has 0 atom stereocenters. The van der Waals surface area contributed by atoms with Crippen molar-refractivity contribution in [2.45, 2.75) is 11.5 Å². The van der Waals surface area contributed by atoms with Crippen LogP contribution in [0.25, 0.3) is 11.3 Å². The van der Waals surface area contributed by atoms with Gasteiger partial charge >= 0.3 is 6.18 Å². The number of alkyl halides is 4. The molecule has 6 heteroatoms. The number of rotatable bonds is 2. The summed E-state index contributed by atoms with van der Waals surface area (Å²) in [6, 6.07) is 6.44. The van der Waals surface area contributed by atoms with E-state index in [1.54, 1.807) is 6.07 Å². The molecule has 0 aliphatic heterocycles. The first kappa shape index (κ1) is 12.2. The van der Waals surface area contributed by atoms with Crippen LogP contribution in [-0.2, 0) is 11.5 Å². The summed E-state index contributed by atoms with van der Waals surface area (Å²) in [5.41, 5.74) is 0.582. The summed E-state index contributed by atoms with van der Waals surface area (Å²) in [5.74, 6) is 0.452. The summed E-state index contributed by atoms with van der Waals surface area (Å²) < 4.78 is 42.0. The Balaban J connectivity index is 2.29. The minimum atomic E-state index is -4.32. The average Bonchev–Trinajstić information content (AvgIpc) is 2.76. The van der Waals surface area contributed by atoms with Crippen molar-refractivity contribution in [1.29, 1.82) is 0 Å². The zero-order chi connectivity index (χ0) is 12.5. The molecule has 2 rings (SSSR count). The molecule has 90 valence electrons. The lowest BCUT2D eigenvalue weighted by Gasteiger charge is -2.06. The van der Waals surface area contributed by atoms with Gasteiger partial charge in [-0.1, -0.05) is 33.2 Å². The normalized spacial score (nSPS) is 11.8. The third-order valence-corrected chi connectivity index (χ3v) is 2.77. The quantitative estimate of drug-likeness (QED) is 0.775. The minimum absolute atomic E-state index is 0.452. The van der Waals surface area contributed by atoms with Crippen molar-refractivity contribution in [3.05, 3.63) is 41.6 Å². The van der Waals surface area contributed by atoms with Crippen LogP contribution in [0.5, 0.6) is 0 Å². The second-order valence-corrected chi connectivity index (χ2v) is 3.95. The van der Waals surface area contributed by atoms with Gasteiger partial charge in [-0.3, -0.25) is 0 Å². The topological polar surface area (TPSA) is 26.0 Å². The third kappa shape index (κ3) is 2.69. The molecule has 1 aromatic carbocycles. The van der Waals surface area contributed by atoms with E-state index in [0.29, 0.717) is 22.3 Å². The summed E-state index contributed by atoms with van der Waals surface area (Å²) in [5, 5.41) is 4.28. The molecule has 0 amide bonds. The Bertz CT molecular complexity index is 504. The number of hydrogen-bond donors (Lipinski definition) is 0. The van der Waals surface area contributed by atoms with Crippen LogP contribution in [0, 0.1) is 0 Å². The van der Waals surface area contributed by atoms with Gasteiger partial charge in [0.15, 0.2) is 5.76 Å². The molecule has 0 fully saturated rings. The summed E-state index contributed by atoms with van der Waals surface area (Å²) in [6.07, 6.45) is -4.32. The monoisotopic (exact) mass is 305 g/mol. The van der Waals surface area contributed by atoms with Crippen LogP contribution >= 0.6 is 15.9 Å². The average molecular weight is 306 g/mol. The van der Waals surface area contributed by atoms with Gasteiger partial charge in [-0.2, -0.15) is 13.2 Å². The minimum Gasteiger partial charge on any atom is -0.356 e. The van der Waals surface area contributed by atoms with Gasteiger partial charge in [-0.25, -0.2) is 0 Å². The van der Waals surface area contributed by atoms with Crippen LogP contribution in [0.4, 0.5) is 13.2 Å². The molecule has 0 spiro atoms. The molecule has 0 aliphatic carbocycles. The fraction of sp³-hybridized carbons (Fsp3) is 0.182. The van der Waals surface area contributed by atoms with E-state index in [4.69, 9.17) is 4.52 Å². The van der Waals surface area contributed by atoms with E-state index in [1.165, 1.54) is 12.1 Å². The lowest BCUT2D eigenvalue weighted by Crippen LogP contribution is -2.03. The first-order valence-electron chi connectivity index (χ1n) is 4.70. The van der Waals surface area contributed by atoms with Gasteiger partial charge in [-0.05, 0) is 12.1 Å². The van der Waals surface area contributed by atoms with Gasteiger partial charge in [0.2, 0.25) is 0 Å². The Hall–Kier alpha value is -1.30. The molecule has 2 aromatic rings. The van der Waals surface area contributed by atoms with Gasteiger partial charge in [-0.15, -0.1) is 0 Å². The summed E-state index contributed by atoms with van der Waals surface area (Å²) in [7, 11) is 0. The molecule has 0 saturated heterocycles. The highest BCUT2D eigenvalue weighted by molar-refractivity contribution is 9.08. The van der Waals surface area contributed by atoms with Crippen molar-refractivity contribution in [3.63, 3.8) is 0 Å². The molecule has 0 radical (unpaired) electrons. The SMILES string of the molecule is FC(F)(F)c1ccc(-c2cc(CBr)no2)cc1. The van der Waals surface area contributed by atoms with Gasteiger partial charge in [0, 0.05) is 17.0 Å². The molecule has 0 saturated carbocycles. The highest BCUT2D eigenvalue weighted by Gasteiger charge is 2.30. The number of nitrogens with zero attached hydrogens (tertiary/aromatic N) is 1.